The van der Waals surface area contributed by atoms with Gasteiger partial charge in [0.05, 0.1) is 5.52 Å². The molecular weight excluding hydrogens is 280 g/mol. The van der Waals surface area contributed by atoms with Crippen molar-refractivity contribution in [3.05, 3.63) is 76.9 Å². The lowest BCUT2D eigenvalue weighted by Gasteiger charge is -2.17. The van der Waals surface area contributed by atoms with Gasteiger partial charge in [0.1, 0.15) is 0 Å². The first-order chi connectivity index (χ1) is 10.3. The quantitative estimate of drug-likeness (QED) is 0.772. The number of rotatable bonds is 4. The van der Waals surface area contributed by atoms with E-state index in [1.165, 1.54) is 16.5 Å². The van der Waals surface area contributed by atoms with Crippen LogP contribution in [0.1, 0.15) is 17.2 Å². The van der Waals surface area contributed by atoms with E-state index < -0.39 is 0 Å². The van der Waals surface area contributed by atoms with Crippen molar-refractivity contribution in [2.45, 2.75) is 12.5 Å². The number of fused-ring (bicyclic) bond motifs is 1. The molecule has 0 amide bonds. The fourth-order valence-electron chi connectivity index (χ4n) is 2.59. The van der Waals surface area contributed by atoms with Gasteiger partial charge in [-0.15, -0.1) is 0 Å². The monoisotopic (exact) mass is 296 g/mol. The Balaban J connectivity index is 1.90. The maximum absolute atomic E-state index is 6.07. The molecule has 0 spiro atoms. The molecule has 0 radical (unpaired) electrons. The van der Waals surface area contributed by atoms with E-state index >= 15 is 0 Å². The summed E-state index contributed by atoms with van der Waals surface area (Å²) in [5.41, 5.74) is 3.49. The van der Waals surface area contributed by atoms with Crippen molar-refractivity contribution in [3.8, 4) is 0 Å². The second-order valence-electron chi connectivity index (χ2n) is 5.13. The molecule has 1 N–H and O–H groups in total. The molecule has 21 heavy (non-hydrogen) atoms. The van der Waals surface area contributed by atoms with E-state index in [4.69, 9.17) is 11.6 Å². The number of benzene rings is 2. The molecule has 2 nitrogen and oxygen atoms in total. The van der Waals surface area contributed by atoms with E-state index in [2.05, 4.69) is 40.6 Å². The van der Waals surface area contributed by atoms with Crippen molar-refractivity contribution in [1.82, 2.24) is 10.3 Å². The first-order valence-electron chi connectivity index (χ1n) is 7.02. The number of pyridine rings is 1. The standard InChI is InChI=1S/C18H17ClN2/c1-20-17(11-13-4-2-6-16(19)10-13)15-8-7-14-5-3-9-21-18(14)12-15/h2-10,12,17,20H,11H2,1H3. The molecule has 0 bridgehead atoms. The number of likely N-dealkylation sites (N-methyl/N-ethyl adjacent to an activating group) is 1. The highest BCUT2D eigenvalue weighted by molar-refractivity contribution is 6.30. The summed E-state index contributed by atoms with van der Waals surface area (Å²) < 4.78 is 0. The Bertz CT molecular complexity index is 755. The second-order valence-corrected chi connectivity index (χ2v) is 5.57. The highest BCUT2D eigenvalue weighted by Crippen LogP contribution is 2.23. The molecule has 0 saturated carbocycles. The molecule has 0 aliphatic carbocycles. The fraction of sp³-hybridized carbons (Fsp3) is 0.167. The van der Waals surface area contributed by atoms with E-state index in [9.17, 15) is 0 Å². The molecule has 1 unspecified atom stereocenters. The number of halogens is 1. The van der Waals surface area contributed by atoms with E-state index in [1.54, 1.807) is 0 Å². The third-order valence-electron chi connectivity index (χ3n) is 3.71. The molecule has 0 aliphatic rings. The van der Waals surface area contributed by atoms with Gasteiger partial charge in [0.25, 0.3) is 0 Å². The molecule has 3 heteroatoms. The minimum atomic E-state index is 0.245. The van der Waals surface area contributed by atoms with Crippen LogP contribution in [-0.2, 0) is 6.42 Å². The first kappa shape index (κ1) is 14.1. The third kappa shape index (κ3) is 3.23. The Hall–Kier alpha value is -1.90. The maximum Gasteiger partial charge on any atom is 0.0705 e. The van der Waals surface area contributed by atoms with Crippen molar-refractivity contribution in [2.75, 3.05) is 7.05 Å². The van der Waals surface area contributed by atoms with Crippen molar-refractivity contribution >= 4 is 22.5 Å². The predicted molar refractivity (Wildman–Crippen MR) is 88.7 cm³/mol. The molecule has 0 aliphatic heterocycles. The summed E-state index contributed by atoms with van der Waals surface area (Å²) in [5.74, 6) is 0. The lowest BCUT2D eigenvalue weighted by molar-refractivity contribution is 0.592. The molecule has 2 aromatic carbocycles. The van der Waals surface area contributed by atoms with E-state index in [1.807, 2.05) is 37.5 Å². The molecular formula is C18H17ClN2. The first-order valence-corrected chi connectivity index (χ1v) is 7.40. The second kappa shape index (κ2) is 6.25. The van der Waals surface area contributed by atoms with Crippen LogP contribution in [0.15, 0.2) is 60.8 Å². The molecule has 1 aromatic heterocycles. The van der Waals surface area contributed by atoms with Crippen LogP contribution in [0.5, 0.6) is 0 Å². The van der Waals surface area contributed by atoms with Crippen LogP contribution in [0.2, 0.25) is 5.02 Å². The van der Waals surface area contributed by atoms with E-state index in [0.29, 0.717) is 0 Å². The SMILES string of the molecule is CNC(Cc1cccc(Cl)c1)c1ccc2cccnc2c1. The van der Waals surface area contributed by atoms with E-state index in [0.717, 1.165) is 17.0 Å². The Labute approximate surface area is 129 Å². The van der Waals surface area contributed by atoms with Crippen molar-refractivity contribution in [3.63, 3.8) is 0 Å². The summed E-state index contributed by atoms with van der Waals surface area (Å²) in [6, 6.07) is 18.7. The van der Waals surface area contributed by atoms with Gasteiger partial charge in [-0.25, -0.2) is 0 Å². The van der Waals surface area contributed by atoms with Crippen LogP contribution >= 0.6 is 11.6 Å². The van der Waals surface area contributed by atoms with Crippen LogP contribution < -0.4 is 5.32 Å². The Morgan fingerprint density at radius 1 is 1.10 bits per heavy atom. The van der Waals surface area contributed by atoms with Gasteiger partial charge < -0.3 is 5.32 Å². The van der Waals surface area contributed by atoms with Crippen molar-refractivity contribution in [1.29, 1.82) is 0 Å². The number of nitrogens with one attached hydrogen (secondary N) is 1. The van der Waals surface area contributed by atoms with Gasteiger partial charge in [-0.05, 0) is 48.9 Å². The highest BCUT2D eigenvalue weighted by Gasteiger charge is 2.11. The van der Waals surface area contributed by atoms with Gasteiger partial charge in [-0.1, -0.05) is 41.9 Å². The average Bonchev–Trinajstić information content (AvgIpc) is 2.52. The van der Waals surface area contributed by atoms with Crippen molar-refractivity contribution in [2.24, 2.45) is 0 Å². The van der Waals surface area contributed by atoms with Gasteiger partial charge in [0.15, 0.2) is 0 Å². The maximum atomic E-state index is 6.07. The van der Waals surface area contributed by atoms with Gasteiger partial charge in [0.2, 0.25) is 0 Å². The Kier molecular flexibility index (Phi) is 4.18. The normalized spacial score (nSPS) is 12.5. The van der Waals surface area contributed by atoms with Crippen LogP contribution in [0, 0.1) is 0 Å². The van der Waals surface area contributed by atoms with Crippen molar-refractivity contribution < 1.29 is 0 Å². The zero-order chi connectivity index (χ0) is 14.7. The van der Waals surface area contributed by atoms with Gasteiger partial charge in [-0.2, -0.15) is 0 Å². The zero-order valence-corrected chi connectivity index (χ0v) is 12.6. The highest BCUT2D eigenvalue weighted by atomic mass is 35.5. The zero-order valence-electron chi connectivity index (χ0n) is 11.9. The fourth-order valence-corrected chi connectivity index (χ4v) is 2.80. The molecule has 106 valence electrons. The third-order valence-corrected chi connectivity index (χ3v) is 3.94. The average molecular weight is 297 g/mol. The van der Waals surface area contributed by atoms with Crippen LogP contribution in [0.4, 0.5) is 0 Å². The Morgan fingerprint density at radius 3 is 2.81 bits per heavy atom. The topological polar surface area (TPSA) is 24.9 Å². The molecule has 0 fully saturated rings. The molecule has 1 atom stereocenters. The summed E-state index contributed by atoms with van der Waals surface area (Å²) in [6.45, 7) is 0. The van der Waals surface area contributed by atoms with Crippen LogP contribution in [0.25, 0.3) is 10.9 Å². The van der Waals surface area contributed by atoms with Gasteiger partial charge >= 0.3 is 0 Å². The molecule has 3 aromatic rings. The number of hydrogen-bond acceptors (Lipinski definition) is 2. The van der Waals surface area contributed by atoms with E-state index in [-0.39, 0.29) is 6.04 Å². The van der Waals surface area contributed by atoms with Gasteiger partial charge in [0, 0.05) is 22.6 Å². The van der Waals surface area contributed by atoms with Crippen LogP contribution in [-0.4, -0.2) is 12.0 Å². The van der Waals surface area contributed by atoms with Crippen LogP contribution in [0.3, 0.4) is 0 Å². The minimum Gasteiger partial charge on any atom is -0.313 e. The summed E-state index contributed by atoms with van der Waals surface area (Å²) >= 11 is 6.07. The number of aromatic nitrogens is 1. The number of hydrogen-bond donors (Lipinski definition) is 1. The summed E-state index contributed by atoms with van der Waals surface area (Å²) in [5, 5.41) is 5.33. The smallest absolute Gasteiger partial charge is 0.0705 e. The molecule has 1 heterocycles. The summed E-state index contributed by atoms with van der Waals surface area (Å²) in [6.07, 6.45) is 2.73. The van der Waals surface area contributed by atoms with Gasteiger partial charge in [-0.3, -0.25) is 4.98 Å². The molecule has 0 saturated heterocycles. The lowest BCUT2D eigenvalue weighted by Crippen LogP contribution is -2.18. The summed E-state index contributed by atoms with van der Waals surface area (Å²) in [4.78, 5) is 4.43. The minimum absolute atomic E-state index is 0.245. The number of nitrogens with zero attached hydrogens (tertiary/aromatic N) is 1. The molecule has 3 rings (SSSR count). The predicted octanol–water partition coefficient (Wildman–Crippen LogP) is 4.39. The Morgan fingerprint density at radius 2 is 2.00 bits per heavy atom. The summed E-state index contributed by atoms with van der Waals surface area (Å²) in [7, 11) is 1.98. The largest absolute Gasteiger partial charge is 0.313 e. The lowest BCUT2D eigenvalue weighted by atomic mass is 9.98.